The number of thiocarbonyl (C=S) groups is 1. The SMILES string of the molecule is O=C(NNC(=S)NCc1ccco1)c1ccccc1O. The summed E-state index contributed by atoms with van der Waals surface area (Å²) in [6.07, 6.45) is 1.56. The number of phenols is 1. The molecule has 0 bridgehead atoms. The van der Waals surface area contributed by atoms with Crippen LogP contribution < -0.4 is 16.2 Å². The molecule has 20 heavy (non-hydrogen) atoms. The van der Waals surface area contributed by atoms with E-state index in [9.17, 15) is 9.90 Å². The lowest BCUT2D eigenvalue weighted by atomic mass is 10.2. The number of hydrogen-bond donors (Lipinski definition) is 4. The molecule has 1 aromatic heterocycles. The molecule has 0 fully saturated rings. The van der Waals surface area contributed by atoms with Crippen LogP contribution in [0.5, 0.6) is 5.75 Å². The summed E-state index contributed by atoms with van der Waals surface area (Å²) in [6.45, 7) is 0.408. The molecule has 0 aliphatic heterocycles. The van der Waals surface area contributed by atoms with Gasteiger partial charge in [0.15, 0.2) is 5.11 Å². The van der Waals surface area contributed by atoms with Gasteiger partial charge in [-0.1, -0.05) is 12.1 Å². The van der Waals surface area contributed by atoms with Crippen molar-refractivity contribution < 1.29 is 14.3 Å². The van der Waals surface area contributed by atoms with Gasteiger partial charge in [0.25, 0.3) is 5.91 Å². The molecule has 1 heterocycles. The first-order valence-corrected chi connectivity index (χ1v) is 6.22. The van der Waals surface area contributed by atoms with Crippen LogP contribution in [0.3, 0.4) is 0 Å². The smallest absolute Gasteiger partial charge is 0.273 e. The topological polar surface area (TPSA) is 86.5 Å². The predicted molar refractivity (Wildman–Crippen MR) is 76.9 cm³/mol. The van der Waals surface area contributed by atoms with Crippen LogP contribution in [0.15, 0.2) is 47.1 Å². The number of para-hydroxylation sites is 1. The van der Waals surface area contributed by atoms with Crippen molar-refractivity contribution in [1.29, 1.82) is 0 Å². The molecular weight excluding hydrogens is 278 g/mol. The zero-order valence-corrected chi connectivity index (χ0v) is 11.2. The van der Waals surface area contributed by atoms with E-state index in [1.165, 1.54) is 12.1 Å². The van der Waals surface area contributed by atoms with E-state index in [2.05, 4.69) is 16.2 Å². The molecule has 1 amide bonds. The van der Waals surface area contributed by atoms with E-state index in [0.717, 1.165) is 5.76 Å². The molecule has 0 saturated carbocycles. The van der Waals surface area contributed by atoms with Gasteiger partial charge in [0.1, 0.15) is 11.5 Å². The number of hydrazine groups is 1. The van der Waals surface area contributed by atoms with Crippen LogP contribution in [0.2, 0.25) is 0 Å². The number of phenolic OH excluding ortho intramolecular Hbond substituents is 1. The molecule has 0 radical (unpaired) electrons. The Morgan fingerprint density at radius 2 is 2.00 bits per heavy atom. The lowest BCUT2D eigenvalue weighted by Crippen LogP contribution is -2.46. The number of rotatable bonds is 3. The minimum absolute atomic E-state index is 0.0961. The second-order valence-electron chi connectivity index (χ2n) is 3.86. The monoisotopic (exact) mass is 291 g/mol. The fourth-order valence-corrected chi connectivity index (χ4v) is 1.59. The lowest BCUT2D eigenvalue weighted by Gasteiger charge is -2.11. The summed E-state index contributed by atoms with van der Waals surface area (Å²) in [6, 6.07) is 9.80. The highest BCUT2D eigenvalue weighted by molar-refractivity contribution is 7.80. The zero-order valence-electron chi connectivity index (χ0n) is 10.4. The minimum atomic E-state index is -0.481. The molecule has 0 unspecified atom stereocenters. The van der Waals surface area contributed by atoms with Crippen LogP contribution in [-0.4, -0.2) is 16.1 Å². The number of amides is 1. The Morgan fingerprint density at radius 1 is 1.20 bits per heavy atom. The number of carbonyl (C=O) groups excluding carboxylic acids is 1. The Bertz CT molecular complexity index is 599. The Hall–Kier alpha value is -2.54. The average molecular weight is 291 g/mol. The largest absolute Gasteiger partial charge is 0.507 e. The summed E-state index contributed by atoms with van der Waals surface area (Å²) in [4.78, 5) is 11.8. The van der Waals surface area contributed by atoms with Gasteiger partial charge in [-0.05, 0) is 36.5 Å². The molecule has 2 aromatic rings. The van der Waals surface area contributed by atoms with Crippen molar-refractivity contribution in [3.05, 3.63) is 54.0 Å². The molecule has 0 aliphatic rings. The van der Waals surface area contributed by atoms with Crippen molar-refractivity contribution in [3.63, 3.8) is 0 Å². The van der Waals surface area contributed by atoms with Crippen LogP contribution >= 0.6 is 12.2 Å². The first-order chi connectivity index (χ1) is 9.66. The highest BCUT2D eigenvalue weighted by Crippen LogP contribution is 2.14. The molecule has 2 rings (SSSR count). The maximum absolute atomic E-state index is 11.8. The first kappa shape index (κ1) is 13.9. The van der Waals surface area contributed by atoms with Gasteiger partial charge in [-0.25, -0.2) is 0 Å². The predicted octanol–water partition coefficient (Wildman–Crippen LogP) is 1.29. The van der Waals surface area contributed by atoms with Crippen molar-refractivity contribution in [3.8, 4) is 5.75 Å². The van der Waals surface area contributed by atoms with Gasteiger partial charge >= 0.3 is 0 Å². The van der Waals surface area contributed by atoms with Gasteiger partial charge in [-0.15, -0.1) is 0 Å². The molecule has 0 atom stereocenters. The molecule has 104 valence electrons. The minimum Gasteiger partial charge on any atom is -0.507 e. The Balaban J connectivity index is 1.78. The van der Waals surface area contributed by atoms with Gasteiger partial charge in [0.05, 0.1) is 18.4 Å². The van der Waals surface area contributed by atoms with Crippen molar-refractivity contribution >= 4 is 23.2 Å². The van der Waals surface area contributed by atoms with Crippen molar-refractivity contribution in [2.24, 2.45) is 0 Å². The van der Waals surface area contributed by atoms with Crippen molar-refractivity contribution in [1.82, 2.24) is 16.2 Å². The number of carbonyl (C=O) groups is 1. The van der Waals surface area contributed by atoms with Gasteiger partial charge in [0.2, 0.25) is 0 Å². The standard InChI is InChI=1S/C13H13N3O3S/c17-11-6-2-1-5-10(11)12(18)15-16-13(20)14-8-9-4-3-7-19-9/h1-7,17H,8H2,(H,15,18)(H2,14,16,20). The second-order valence-corrected chi connectivity index (χ2v) is 4.27. The lowest BCUT2D eigenvalue weighted by molar-refractivity contribution is 0.0941. The van der Waals surface area contributed by atoms with E-state index >= 15 is 0 Å². The highest BCUT2D eigenvalue weighted by atomic mass is 32.1. The van der Waals surface area contributed by atoms with E-state index in [1.54, 1.807) is 30.5 Å². The third kappa shape index (κ3) is 3.72. The fraction of sp³-hybridized carbons (Fsp3) is 0.0769. The fourth-order valence-electron chi connectivity index (χ4n) is 1.47. The summed E-state index contributed by atoms with van der Waals surface area (Å²) >= 11 is 4.99. The third-order valence-electron chi connectivity index (χ3n) is 2.44. The van der Waals surface area contributed by atoms with Gasteiger partial charge in [-0.2, -0.15) is 0 Å². The van der Waals surface area contributed by atoms with Crippen LogP contribution in [0.4, 0.5) is 0 Å². The molecule has 6 nitrogen and oxygen atoms in total. The molecule has 0 spiro atoms. The Labute approximate surface area is 120 Å². The molecule has 4 N–H and O–H groups in total. The van der Waals surface area contributed by atoms with Crippen LogP contribution in [0.1, 0.15) is 16.1 Å². The van der Waals surface area contributed by atoms with E-state index in [1.807, 2.05) is 0 Å². The summed E-state index contributed by atoms with van der Waals surface area (Å²) in [5.74, 6) is 0.146. The van der Waals surface area contributed by atoms with Gasteiger partial charge in [0, 0.05) is 0 Å². The molecule has 7 heteroatoms. The zero-order chi connectivity index (χ0) is 14.4. The van der Waals surface area contributed by atoms with E-state index in [0.29, 0.717) is 6.54 Å². The molecule has 1 aromatic carbocycles. The van der Waals surface area contributed by atoms with E-state index < -0.39 is 5.91 Å². The first-order valence-electron chi connectivity index (χ1n) is 5.81. The summed E-state index contributed by atoms with van der Waals surface area (Å²) in [7, 11) is 0. The van der Waals surface area contributed by atoms with Crippen molar-refractivity contribution in [2.45, 2.75) is 6.54 Å². The Kier molecular flexibility index (Phi) is 4.56. The normalized spacial score (nSPS) is 9.80. The summed E-state index contributed by atoms with van der Waals surface area (Å²) in [5.41, 5.74) is 5.09. The van der Waals surface area contributed by atoms with E-state index in [4.69, 9.17) is 16.6 Å². The number of furan rings is 1. The second kappa shape index (κ2) is 6.58. The number of benzene rings is 1. The van der Waals surface area contributed by atoms with E-state index in [-0.39, 0.29) is 16.4 Å². The maximum Gasteiger partial charge on any atom is 0.273 e. The molecule has 0 aliphatic carbocycles. The highest BCUT2D eigenvalue weighted by Gasteiger charge is 2.09. The van der Waals surface area contributed by atoms with Crippen LogP contribution in [0, 0.1) is 0 Å². The van der Waals surface area contributed by atoms with Crippen LogP contribution in [-0.2, 0) is 6.54 Å². The Morgan fingerprint density at radius 3 is 2.70 bits per heavy atom. The van der Waals surface area contributed by atoms with Crippen molar-refractivity contribution in [2.75, 3.05) is 0 Å². The third-order valence-corrected chi connectivity index (χ3v) is 2.69. The molecular formula is C13H13N3O3S. The summed E-state index contributed by atoms with van der Waals surface area (Å²) in [5, 5.41) is 12.6. The summed E-state index contributed by atoms with van der Waals surface area (Å²) < 4.78 is 5.12. The van der Waals surface area contributed by atoms with Gasteiger partial charge in [-0.3, -0.25) is 15.6 Å². The quantitative estimate of drug-likeness (QED) is 0.504. The number of hydrogen-bond acceptors (Lipinski definition) is 4. The molecule has 0 saturated heterocycles. The van der Waals surface area contributed by atoms with Gasteiger partial charge < -0.3 is 14.8 Å². The maximum atomic E-state index is 11.8. The number of aromatic hydroxyl groups is 1. The number of nitrogens with one attached hydrogen (secondary N) is 3. The average Bonchev–Trinajstić information content (AvgIpc) is 2.96. The van der Waals surface area contributed by atoms with Crippen LogP contribution in [0.25, 0.3) is 0 Å².